The third-order valence-corrected chi connectivity index (χ3v) is 3.54. The summed E-state index contributed by atoms with van der Waals surface area (Å²) in [4.78, 5) is 4.47. The summed E-state index contributed by atoms with van der Waals surface area (Å²) in [6, 6.07) is 2.11. The molecule has 1 aliphatic heterocycles. The fraction of sp³-hybridized carbons (Fsp3) is 0.615. The molecule has 1 saturated heterocycles. The maximum absolute atomic E-state index is 5.89. The summed E-state index contributed by atoms with van der Waals surface area (Å²) in [5.41, 5.74) is 3.72. The van der Waals surface area contributed by atoms with E-state index in [1.54, 1.807) is 0 Å². The number of aromatic nitrogens is 1. The fourth-order valence-electron chi connectivity index (χ4n) is 2.87. The molecule has 16 heavy (non-hydrogen) atoms. The van der Waals surface area contributed by atoms with Gasteiger partial charge in [0.05, 0.1) is 13.2 Å². The van der Waals surface area contributed by atoms with Crippen LogP contribution in [0.3, 0.4) is 0 Å². The van der Waals surface area contributed by atoms with Gasteiger partial charge in [-0.05, 0) is 30.9 Å². The van der Waals surface area contributed by atoms with Crippen molar-refractivity contribution in [3.63, 3.8) is 0 Å². The molecule has 1 aromatic heterocycles. The molecule has 2 heterocycles. The first kappa shape index (κ1) is 10.2. The molecule has 0 bridgehead atoms. The second-order valence-electron chi connectivity index (χ2n) is 4.45. The first-order valence-corrected chi connectivity index (χ1v) is 6.11. The van der Waals surface area contributed by atoms with E-state index in [1.165, 1.54) is 11.1 Å². The normalized spacial score (nSPS) is 22.3. The molecule has 1 fully saturated rings. The average Bonchev–Trinajstić information content (AvgIpc) is 2.78. The summed E-state index contributed by atoms with van der Waals surface area (Å²) in [6.45, 7) is 3.55. The number of rotatable bonds is 1. The molecule has 1 aromatic rings. The molecule has 0 atom stereocenters. The molecule has 0 aromatic carbocycles. The number of nitrogens with zero attached hydrogens (tertiary/aromatic N) is 1. The zero-order chi connectivity index (χ0) is 11.0. The van der Waals surface area contributed by atoms with Crippen molar-refractivity contribution in [2.45, 2.75) is 38.4 Å². The fourth-order valence-corrected chi connectivity index (χ4v) is 2.87. The standard InChI is InChI=1S/C13H17NO2/c1-2-11-12-10(5-7-14-11)4-3-6-13(12)15-8-9-16-13/h5,7H,2-4,6,8-9H2,1H3. The minimum absolute atomic E-state index is 0.465. The third-order valence-electron chi connectivity index (χ3n) is 3.54. The number of ether oxygens (including phenoxy) is 2. The molecule has 0 radical (unpaired) electrons. The van der Waals surface area contributed by atoms with Gasteiger partial charge in [-0.2, -0.15) is 0 Å². The molecular weight excluding hydrogens is 202 g/mol. The Kier molecular flexibility index (Phi) is 2.45. The van der Waals surface area contributed by atoms with Gasteiger partial charge in [0, 0.05) is 23.9 Å². The minimum Gasteiger partial charge on any atom is -0.343 e. The van der Waals surface area contributed by atoms with Crippen molar-refractivity contribution in [3.05, 3.63) is 29.1 Å². The van der Waals surface area contributed by atoms with Crippen LogP contribution in [0.5, 0.6) is 0 Å². The lowest BCUT2D eigenvalue weighted by Gasteiger charge is -2.34. The molecule has 0 unspecified atom stereocenters. The van der Waals surface area contributed by atoms with E-state index < -0.39 is 5.79 Å². The maximum atomic E-state index is 5.89. The van der Waals surface area contributed by atoms with E-state index >= 15 is 0 Å². The van der Waals surface area contributed by atoms with Crippen LogP contribution in [0.2, 0.25) is 0 Å². The molecule has 3 nitrogen and oxygen atoms in total. The van der Waals surface area contributed by atoms with Crippen LogP contribution in [0, 0.1) is 0 Å². The van der Waals surface area contributed by atoms with E-state index in [-0.39, 0.29) is 0 Å². The van der Waals surface area contributed by atoms with Gasteiger partial charge in [-0.25, -0.2) is 0 Å². The van der Waals surface area contributed by atoms with Crippen LogP contribution in [0.15, 0.2) is 12.3 Å². The van der Waals surface area contributed by atoms with E-state index in [0.717, 1.165) is 31.4 Å². The first-order chi connectivity index (χ1) is 7.86. The number of hydrogen-bond donors (Lipinski definition) is 0. The number of pyridine rings is 1. The van der Waals surface area contributed by atoms with E-state index in [4.69, 9.17) is 9.47 Å². The molecule has 86 valence electrons. The molecule has 2 aliphatic rings. The molecule has 3 heteroatoms. The SMILES string of the molecule is CCc1nccc2c1C1(CCC2)OCCO1. The maximum Gasteiger partial charge on any atom is 0.197 e. The van der Waals surface area contributed by atoms with Gasteiger partial charge in [0.1, 0.15) is 0 Å². The van der Waals surface area contributed by atoms with Gasteiger partial charge in [0.25, 0.3) is 0 Å². The van der Waals surface area contributed by atoms with Gasteiger partial charge in [0.15, 0.2) is 5.79 Å². The molecule has 1 spiro atoms. The van der Waals surface area contributed by atoms with Crippen molar-refractivity contribution >= 4 is 0 Å². The highest BCUT2D eigenvalue weighted by molar-refractivity contribution is 5.36. The highest BCUT2D eigenvalue weighted by Crippen LogP contribution is 2.43. The minimum atomic E-state index is -0.465. The molecule has 0 saturated carbocycles. The van der Waals surface area contributed by atoms with Crippen molar-refractivity contribution in [2.24, 2.45) is 0 Å². The largest absolute Gasteiger partial charge is 0.343 e. The second kappa shape index (κ2) is 3.82. The zero-order valence-electron chi connectivity index (χ0n) is 9.66. The van der Waals surface area contributed by atoms with Crippen molar-refractivity contribution in [3.8, 4) is 0 Å². The quantitative estimate of drug-likeness (QED) is 0.725. The highest BCUT2D eigenvalue weighted by Gasteiger charge is 2.43. The van der Waals surface area contributed by atoms with Crippen molar-refractivity contribution in [1.29, 1.82) is 0 Å². The Hall–Kier alpha value is -0.930. The zero-order valence-corrected chi connectivity index (χ0v) is 9.66. The second-order valence-corrected chi connectivity index (χ2v) is 4.45. The number of hydrogen-bond acceptors (Lipinski definition) is 3. The average molecular weight is 219 g/mol. The van der Waals surface area contributed by atoms with Crippen LogP contribution in [-0.2, 0) is 28.1 Å². The molecule has 0 N–H and O–H groups in total. The summed E-state index contributed by atoms with van der Waals surface area (Å²) in [6.07, 6.45) is 6.08. The number of aryl methyl sites for hydroxylation is 2. The summed E-state index contributed by atoms with van der Waals surface area (Å²) < 4.78 is 11.8. The van der Waals surface area contributed by atoms with Crippen LogP contribution in [0.1, 0.15) is 36.6 Å². The van der Waals surface area contributed by atoms with E-state index in [9.17, 15) is 0 Å². The van der Waals surface area contributed by atoms with Crippen LogP contribution >= 0.6 is 0 Å². The summed E-state index contributed by atoms with van der Waals surface area (Å²) in [7, 11) is 0. The van der Waals surface area contributed by atoms with E-state index in [1.807, 2.05) is 6.20 Å². The van der Waals surface area contributed by atoms with Crippen LogP contribution in [-0.4, -0.2) is 18.2 Å². The van der Waals surface area contributed by atoms with Gasteiger partial charge in [0.2, 0.25) is 0 Å². The molecular formula is C13H17NO2. The molecule has 3 rings (SSSR count). The third kappa shape index (κ3) is 1.39. The molecule has 1 aliphatic carbocycles. The summed E-state index contributed by atoms with van der Waals surface area (Å²) >= 11 is 0. The molecule has 0 amide bonds. The Morgan fingerprint density at radius 3 is 2.94 bits per heavy atom. The highest BCUT2D eigenvalue weighted by atomic mass is 16.7. The Morgan fingerprint density at radius 1 is 1.38 bits per heavy atom. The van der Waals surface area contributed by atoms with Crippen LogP contribution in [0.4, 0.5) is 0 Å². The van der Waals surface area contributed by atoms with E-state index in [0.29, 0.717) is 13.2 Å². The lowest BCUT2D eigenvalue weighted by atomic mass is 9.85. The monoisotopic (exact) mass is 219 g/mol. The van der Waals surface area contributed by atoms with Crippen LogP contribution < -0.4 is 0 Å². The predicted octanol–water partition coefficient (Wildman–Crippen LogP) is 2.18. The van der Waals surface area contributed by atoms with E-state index in [2.05, 4.69) is 18.0 Å². The lowest BCUT2D eigenvalue weighted by Crippen LogP contribution is -2.33. The summed E-state index contributed by atoms with van der Waals surface area (Å²) in [5, 5.41) is 0. The predicted molar refractivity (Wildman–Crippen MR) is 60.1 cm³/mol. The van der Waals surface area contributed by atoms with Gasteiger partial charge in [-0.3, -0.25) is 4.98 Å². The van der Waals surface area contributed by atoms with Gasteiger partial charge >= 0.3 is 0 Å². The Balaban J connectivity index is 2.15. The Morgan fingerprint density at radius 2 is 2.19 bits per heavy atom. The van der Waals surface area contributed by atoms with Gasteiger partial charge in [-0.15, -0.1) is 0 Å². The topological polar surface area (TPSA) is 31.4 Å². The number of fused-ring (bicyclic) bond motifs is 2. The Labute approximate surface area is 95.8 Å². The van der Waals surface area contributed by atoms with Crippen molar-refractivity contribution in [1.82, 2.24) is 4.98 Å². The van der Waals surface area contributed by atoms with Gasteiger partial charge < -0.3 is 9.47 Å². The Bertz CT molecular complexity index is 383. The summed E-state index contributed by atoms with van der Waals surface area (Å²) in [5.74, 6) is -0.465. The van der Waals surface area contributed by atoms with Crippen LogP contribution in [0.25, 0.3) is 0 Å². The smallest absolute Gasteiger partial charge is 0.197 e. The lowest BCUT2D eigenvalue weighted by molar-refractivity contribution is -0.176. The van der Waals surface area contributed by atoms with Crippen molar-refractivity contribution in [2.75, 3.05) is 13.2 Å². The first-order valence-electron chi connectivity index (χ1n) is 6.11. The van der Waals surface area contributed by atoms with Crippen molar-refractivity contribution < 1.29 is 9.47 Å². The van der Waals surface area contributed by atoms with Gasteiger partial charge in [-0.1, -0.05) is 6.92 Å².